The summed E-state index contributed by atoms with van der Waals surface area (Å²) in [7, 11) is 3.25. The van der Waals surface area contributed by atoms with Gasteiger partial charge in [-0.1, -0.05) is 37.3 Å². The van der Waals surface area contributed by atoms with E-state index in [2.05, 4.69) is 5.32 Å². The van der Waals surface area contributed by atoms with Crippen molar-refractivity contribution in [1.29, 1.82) is 0 Å². The van der Waals surface area contributed by atoms with Gasteiger partial charge < -0.3 is 14.8 Å². The van der Waals surface area contributed by atoms with Gasteiger partial charge in [-0.3, -0.25) is 4.79 Å². The van der Waals surface area contributed by atoms with Crippen molar-refractivity contribution in [2.24, 2.45) is 0 Å². The maximum absolute atomic E-state index is 12.2. The van der Waals surface area contributed by atoms with Gasteiger partial charge in [-0.15, -0.1) is 0 Å². The Bertz CT molecular complexity index is 692. The quantitative estimate of drug-likeness (QED) is 0.783. The fraction of sp³-hybridized carbons (Fsp3) is 0.250. The van der Waals surface area contributed by atoms with Crippen LogP contribution in [0, 0.1) is 0 Å². The molecule has 126 valence electrons. The van der Waals surface area contributed by atoms with Crippen LogP contribution in [0.3, 0.4) is 0 Å². The number of hydrogen-bond donors (Lipinski definition) is 1. The lowest BCUT2D eigenvalue weighted by atomic mass is 10.0. The van der Waals surface area contributed by atoms with E-state index in [9.17, 15) is 4.79 Å². The molecule has 2 rings (SSSR count). The topological polar surface area (TPSA) is 47.6 Å². The van der Waals surface area contributed by atoms with E-state index in [1.54, 1.807) is 20.3 Å². The number of rotatable bonds is 7. The van der Waals surface area contributed by atoms with Gasteiger partial charge in [0.05, 0.1) is 20.3 Å². The number of nitrogens with one attached hydrogen (secondary N) is 1. The Morgan fingerprint density at radius 1 is 1.08 bits per heavy atom. The molecule has 0 fully saturated rings. The van der Waals surface area contributed by atoms with Crippen molar-refractivity contribution in [1.82, 2.24) is 5.32 Å². The molecule has 0 radical (unpaired) electrons. The number of amides is 1. The van der Waals surface area contributed by atoms with E-state index < -0.39 is 0 Å². The molecule has 1 N–H and O–H groups in total. The average molecular weight is 325 g/mol. The smallest absolute Gasteiger partial charge is 0.244 e. The Balaban J connectivity index is 2.04. The van der Waals surface area contributed by atoms with E-state index in [1.807, 2.05) is 55.5 Å². The highest BCUT2D eigenvalue weighted by atomic mass is 16.5. The number of para-hydroxylation sites is 1. The van der Waals surface area contributed by atoms with Crippen molar-refractivity contribution < 1.29 is 14.3 Å². The van der Waals surface area contributed by atoms with Crippen LogP contribution in [-0.4, -0.2) is 20.1 Å². The zero-order chi connectivity index (χ0) is 17.4. The molecule has 0 bridgehead atoms. The molecule has 24 heavy (non-hydrogen) atoms. The molecule has 0 aliphatic heterocycles. The van der Waals surface area contributed by atoms with Crippen LogP contribution in [0.15, 0.2) is 54.6 Å². The van der Waals surface area contributed by atoms with Gasteiger partial charge in [0.25, 0.3) is 0 Å². The first-order valence-corrected chi connectivity index (χ1v) is 7.93. The van der Waals surface area contributed by atoms with Crippen molar-refractivity contribution in [3.8, 4) is 11.5 Å². The zero-order valence-corrected chi connectivity index (χ0v) is 14.3. The Morgan fingerprint density at radius 2 is 1.79 bits per heavy atom. The average Bonchev–Trinajstić information content (AvgIpc) is 2.64. The molecule has 0 aliphatic rings. The first-order chi connectivity index (χ1) is 11.7. The highest BCUT2D eigenvalue weighted by molar-refractivity contribution is 5.92. The van der Waals surface area contributed by atoms with Gasteiger partial charge in [-0.25, -0.2) is 0 Å². The van der Waals surface area contributed by atoms with Crippen molar-refractivity contribution in [3.05, 3.63) is 65.7 Å². The minimum Gasteiger partial charge on any atom is -0.497 e. The lowest BCUT2D eigenvalue weighted by Gasteiger charge is -2.16. The number of methoxy groups -OCH3 is 2. The molecule has 0 aromatic heterocycles. The van der Waals surface area contributed by atoms with Crippen LogP contribution in [-0.2, 0) is 4.79 Å². The van der Waals surface area contributed by atoms with Crippen LogP contribution in [0.25, 0.3) is 6.08 Å². The second-order valence-electron chi connectivity index (χ2n) is 5.32. The normalized spacial score (nSPS) is 12.0. The fourth-order valence-corrected chi connectivity index (χ4v) is 2.45. The number of benzene rings is 2. The molecule has 0 spiro atoms. The molecular weight excluding hydrogens is 302 g/mol. The SMILES string of the molecule is CCC(NC(=O)/C=C/c1ccccc1OC)c1ccc(OC)cc1. The molecule has 2 aromatic rings. The first kappa shape index (κ1) is 17.6. The summed E-state index contributed by atoms with van der Waals surface area (Å²) in [6.07, 6.45) is 4.10. The predicted octanol–water partition coefficient (Wildman–Crippen LogP) is 3.98. The van der Waals surface area contributed by atoms with Gasteiger partial charge in [0, 0.05) is 11.6 Å². The summed E-state index contributed by atoms with van der Waals surface area (Å²) in [6.45, 7) is 2.04. The molecule has 1 unspecified atom stereocenters. The van der Waals surface area contributed by atoms with E-state index in [0.29, 0.717) is 0 Å². The molecule has 1 amide bonds. The van der Waals surface area contributed by atoms with E-state index in [0.717, 1.165) is 29.0 Å². The molecule has 1 atom stereocenters. The van der Waals surface area contributed by atoms with Gasteiger partial charge in [-0.05, 0) is 36.3 Å². The van der Waals surface area contributed by atoms with Crippen LogP contribution in [0.1, 0.15) is 30.5 Å². The maximum Gasteiger partial charge on any atom is 0.244 e. The summed E-state index contributed by atoms with van der Waals surface area (Å²) in [4.78, 5) is 12.2. The largest absolute Gasteiger partial charge is 0.497 e. The standard InChI is InChI=1S/C20H23NO3/c1-4-18(15-9-12-17(23-2)13-10-15)21-20(22)14-11-16-7-5-6-8-19(16)24-3/h5-14,18H,4H2,1-3H3,(H,21,22)/b14-11+. The van der Waals surface area contributed by atoms with Crippen LogP contribution in [0.5, 0.6) is 11.5 Å². The van der Waals surface area contributed by atoms with Crippen LogP contribution in [0.4, 0.5) is 0 Å². The number of hydrogen-bond acceptors (Lipinski definition) is 3. The van der Waals surface area contributed by atoms with Crippen molar-refractivity contribution in [3.63, 3.8) is 0 Å². The van der Waals surface area contributed by atoms with Gasteiger partial charge in [0.2, 0.25) is 5.91 Å². The Hall–Kier alpha value is -2.75. The summed E-state index contributed by atoms with van der Waals surface area (Å²) >= 11 is 0. The van der Waals surface area contributed by atoms with Crippen LogP contribution in [0.2, 0.25) is 0 Å². The highest BCUT2D eigenvalue weighted by Crippen LogP contribution is 2.21. The number of carbonyl (C=O) groups is 1. The summed E-state index contributed by atoms with van der Waals surface area (Å²) in [5.74, 6) is 1.41. The molecule has 2 aromatic carbocycles. The summed E-state index contributed by atoms with van der Waals surface area (Å²) in [5, 5.41) is 3.02. The van der Waals surface area contributed by atoms with Gasteiger partial charge in [0.15, 0.2) is 0 Å². The first-order valence-electron chi connectivity index (χ1n) is 7.93. The van der Waals surface area contributed by atoms with Crippen molar-refractivity contribution >= 4 is 12.0 Å². The monoisotopic (exact) mass is 325 g/mol. The molecule has 0 heterocycles. The number of ether oxygens (including phenoxy) is 2. The summed E-state index contributed by atoms with van der Waals surface area (Å²) in [6, 6.07) is 15.3. The predicted molar refractivity (Wildman–Crippen MR) is 96.2 cm³/mol. The molecule has 4 heteroatoms. The Labute approximate surface area is 143 Å². The van der Waals surface area contributed by atoms with Crippen LogP contribution < -0.4 is 14.8 Å². The molecular formula is C20H23NO3. The van der Waals surface area contributed by atoms with Crippen LogP contribution >= 0.6 is 0 Å². The number of carbonyl (C=O) groups excluding carboxylic acids is 1. The minimum atomic E-state index is -0.136. The van der Waals surface area contributed by atoms with E-state index in [4.69, 9.17) is 9.47 Å². The maximum atomic E-state index is 12.2. The Morgan fingerprint density at radius 3 is 2.42 bits per heavy atom. The molecule has 4 nitrogen and oxygen atoms in total. The second kappa shape index (κ2) is 8.77. The van der Waals surface area contributed by atoms with Crippen molar-refractivity contribution in [2.75, 3.05) is 14.2 Å². The van der Waals surface area contributed by atoms with Gasteiger partial charge >= 0.3 is 0 Å². The van der Waals surface area contributed by atoms with E-state index in [-0.39, 0.29) is 11.9 Å². The third-order valence-electron chi connectivity index (χ3n) is 3.80. The second-order valence-corrected chi connectivity index (χ2v) is 5.32. The molecule has 0 saturated heterocycles. The zero-order valence-electron chi connectivity index (χ0n) is 14.3. The Kier molecular flexibility index (Phi) is 6.43. The lowest BCUT2D eigenvalue weighted by molar-refractivity contribution is -0.117. The molecule has 0 saturated carbocycles. The third kappa shape index (κ3) is 4.62. The summed E-state index contributed by atoms with van der Waals surface area (Å²) < 4.78 is 10.4. The summed E-state index contributed by atoms with van der Waals surface area (Å²) in [5.41, 5.74) is 1.92. The minimum absolute atomic E-state index is 0.0364. The van der Waals surface area contributed by atoms with Gasteiger partial charge in [-0.2, -0.15) is 0 Å². The lowest BCUT2D eigenvalue weighted by Crippen LogP contribution is -2.26. The fourth-order valence-electron chi connectivity index (χ4n) is 2.45. The van der Waals surface area contributed by atoms with E-state index >= 15 is 0 Å². The van der Waals surface area contributed by atoms with Gasteiger partial charge in [0.1, 0.15) is 11.5 Å². The highest BCUT2D eigenvalue weighted by Gasteiger charge is 2.11. The van der Waals surface area contributed by atoms with Crippen molar-refractivity contribution in [2.45, 2.75) is 19.4 Å². The molecule has 0 aliphatic carbocycles. The van der Waals surface area contributed by atoms with E-state index in [1.165, 1.54) is 6.08 Å². The third-order valence-corrected chi connectivity index (χ3v) is 3.80.